The maximum absolute atomic E-state index is 12.9. The molecule has 21 heavy (non-hydrogen) atoms. The summed E-state index contributed by atoms with van der Waals surface area (Å²) >= 11 is 0. The van der Waals surface area contributed by atoms with Crippen LogP contribution >= 0.6 is 0 Å². The molecule has 1 atom stereocenters. The van der Waals surface area contributed by atoms with Gasteiger partial charge in [0.2, 0.25) is 0 Å². The fourth-order valence-corrected chi connectivity index (χ4v) is 3.01. The van der Waals surface area contributed by atoms with Gasteiger partial charge < -0.3 is 19.9 Å². The maximum atomic E-state index is 12.9. The quantitative estimate of drug-likeness (QED) is 0.875. The van der Waals surface area contributed by atoms with Gasteiger partial charge in [-0.05, 0) is 24.5 Å². The van der Waals surface area contributed by atoms with E-state index in [1.54, 1.807) is 6.07 Å². The van der Waals surface area contributed by atoms with Gasteiger partial charge in [-0.3, -0.25) is 0 Å². The van der Waals surface area contributed by atoms with Crippen LogP contribution in [0.5, 0.6) is 11.5 Å². The number of fused-ring (bicyclic) bond motifs is 1. The summed E-state index contributed by atoms with van der Waals surface area (Å²) in [6.07, 6.45) is 1.65. The van der Waals surface area contributed by atoms with Crippen LogP contribution < -0.4 is 14.8 Å². The first kappa shape index (κ1) is 14.4. The van der Waals surface area contributed by atoms with Crippen LogP contribution in [-0.4, -0.2) is 24.0 Å². The molecule has 1 heterocycles. The summed E-state index contributed by atoms with van der Waals surface area (Å²) in [5, 5.41) is 13.1. The molecule has 4 nitrogen and oxygen atoms in total. The van der Waals surface area contributed by atoms with E-state index in [-0.39, 0.29) is 11.5 Å². The zero-order valence-electron chi connectivity index (χ0n) is 11.6. The van der Waals surface area contributed by atoms with Crippen molar-refractivity contribution >= 4 is 5.69 Å². The molecule has 116 valence electrons. The lowest BCUT2D eigenvalue weighted by molar-refractivity contribution is -0.286. The van der Waals surface area contributed by atoms with Crippen molar-refractivity contribution < 1.29 is 23.4 Å². The van der Waals surface area contributed by atoms with Gasteiger partial charge in [0.05, 0.1) is 6.10 Å². The monoisotopic (exact) mass is 299 g/mol. The third-order valence-electron chi connectivity index (χ3n) is 4.02. The van der Waals surface area contributed by atoms with E-state index in [2.05, 4.69) is 14.8 Å². The molecule has 0 saturated heterocycles. The first-order valence-electron chi connectivity index (χ1n) is 7.34. The van der Waals surface area contributed by atoms with Crippen LogP contribution in [0.4, 0.5) is 14.5 Å². The van der Waals surface area contributed by atoms with Gasteiger partial charge in [0.15, 0.2) is 11.5 Å². The molecule has 1 unspecified atom stereocenters. The second kappa shape index (κ2) is 5.67. The molecule has 0 spiro atoms. The number of halogens is 2. The van der Waals surface area contributed by atoms with E-state index in [0.29, 0.717) is 18.2 Å². The molecule has 0 aromatic heterocycles. The summed E-state index contributed by atoms with van der Waals surface area (Å²) in [7, 11) is 0. The Bertz CT molecular complexity index is 504. The summed E-state index contributed by atoms with van der Waals surface area (Å²) in [6.45, 7) is 0.395. The SMILES string of the molecule is OC(CNc1ccc2c(c1)OC(F)(F)O2)CC1CCCC1. The maximum Gasteiger partial charge on any atom is 0.586 e. The van der Waals surface area contributed by atoms with Crippen molar-refractivity contribution in [2.24, 2.45) is 5.92 Å². The standard InChI is InChI=1S/C15H19F2NO3/c16-15(17)20-13-6-5-11(8-14(13)21-15)18-9-12(19)7-10-3-1-2-4-10/h5-6,8,10,12,18-19H,1-4,7,9H2. The van der Waals surface area contributed by atoms with Crippen LogP contribution in [0.2, 0.25) is 0 Å². The van der Waals surface area contributed by atoms with Gasteiger partial charge in [0.25, 0.3) is 0 Å². The highest BCUT2D eigenvalue weighted by Crippen LogP contribution is 2.42. The zero-order chi connectivity index (χ0) is 14.9. The molecular weight excluding hydrogens is 280 g/mol. The number of ether oxygens (including phenoxy) is 2. The van der Waals surface area contributed by atoms with Crippen LogP contribution in [0.25, 0.3) is 0 Å². The molecule has 0 amide bonds. The second-order valence-corrected chi connectivity index (χ2v) is 5.75. The third-order valence-corrected chi connectivity index (χ3v) is 4.02. The Kier molecular flexibility index (Phi) is 3.89. The van der Waals surface area contributed by atoms with Crippen LogP contribution in [0.3, 0.4) is 0 Å². The number of nitrogens with one attached hydrogen (secondary N) is 1. The summed E-state index contributed by atoms with van der Waals surface area (Å²) in [5.74, 6) is 0.643. The molecule has 1 aliphatic heterocycles. The number of rotatable bonds is 5. The van der Waals surface area contributed by atoms with E-state index >= 15 is 0 Å². The summed E-state index contributed by atoms with van der Waals surface area (Å²) in [5.41, 5.74) is 0.625. The highest BCUT2D eigenvalue weighted by Gasteiger charge is 2.43. The molecule has 1 saturated carbocycles. The number of alkyl halides is 2. The van der Waals surface area contributed by atoms with Crippen LogP contribution in [0, 0.1) is 5.92 Å². The highest BCUT2D eigenvalue weighted by atomic mass is 19.3. The topological polar surface area (TPSA) is 50.7 Å². The first-order valence-corrected chi connectivity index (χ1v) is 7.34. The molecule has 2 N–H and O–H groups in total. The van der Waals surface area contributed by atoms with E-state index in [1.807, 2.05) is 0 Å². The highest BCUT2D eigenvalue weighted by molar-refractivity contribution is 5.56. The molecular formula is C15H19F2NO3. The number of aliphatic hydroxyl groups excluding tert-OH is 1. The van der Waals surface area contributed by atoms with Crippen LogP contribution in [-0.2, 0) is 0 Å². The lowest BCUT2D eigenvalue weighted by Gasteiger charge is -2.16. The fraction of sp³-hybridized carbons (Fsp3) is 0.600. The number of hydrogen-bond acceptors (Lipinski definition) is 4. The minimum absolute atomic E-state index is 0.00952. The molecule has 1 aromatic rings. The van der Waals surface area contributed by atoms with Gasteiger partial charge in [-0.25, -0.2) is 0 Å². The Labute approximate surface area is 122 Å². The lowest BCUT2D eigenvalue weighted by Crippen LogP contribution is -2.25. The molecule has 0 radical (unpaired) electrons. The van der Waals surface area contributed by atoms with E-state index in [1.165, 1.54) is 37.8 Å². The van der Waals surface area contributed by atoms with Gasteiger partial charge in [0.1, 0.15) is 0 Å². The van der Waals surface area contributed by atoms with Crippen molar-refractivity contribution in [3.8, 4) is 11.5 Å². The molecule has 6 heteroatoms. The van der Waals surface area contributed by atoms with Crippen LogP contribution in [0.1, 0.15) is 32.1 Å². The van der Waals surface area contributed by atoms with E-state index in [4.69, 9.17) is 0 Å². The smallest absolute Gasteiger partial charge is 0.395 e. The normalized spacial score (nSPS) is 21.5. The number of benzene rings is 1. The predicted molar refractivity (Wildman–Crippen MR) is 73.7 cm³/mol. The number of aliphatic hydroxyl groups is 1. The average Bonchev–Trinajstić information content (AvgIpc) is 3.01. The lowest BCUT2D eigenvalue weighted by atomic mass is 10.00. The summed E-state index contributed by atoms with van der Waals surface area (Å²) in [6, 6.07) is 4.52. The van der Waals surface area contributed by atoms with Crippen LogP contribution in [0.15, 0.2) is 18.2 Å². The third kappa shape index (κ3) is 3.56. The van der Waals surface area contributed by atoms with E-state index in [9.17, 15) is 13.9 Å². The Hall–Kier alpha value is -1.56. The van der Waals surface area contributed by atoms with Crippen molar-refractivity contribution in [2.45, 2.75) is 44.5 Å². The minimum atomic E-state index is -3.59. The summed E-state index contributed by atoms with van der Waals surface area (Å²) < 4.78 is 34.5. The number of hydrogen-bond donors (Lipinski definition) is 2. The van der Waals surface area contributed by atoms with Crippen molar-refractivity contribution in [2.75, 3.05) is 11.9 Å². The molecule has 2 aliphatic rings. The first-order chi connectivity index (χ1) is 10.0. The molecule has 1 aromatic carbocycles. The van der Waals surface area contributed by atoms with Crippen molar-refractivity contribution in [1.82, 2.24) is 0 Å². The minimum Gasteiger partial charge on any atom is -0.395 e. The van der Waals surface area contributed by atoms with E-state index in [0.717, 1.165) is 6.42 Å². The zero-order valence-corrected chi connectivity index (χ0v) is 11.6. The fourth-order valence-electron chi connectivity index (χ4n) is 3.01. The van der Waals surface area contributed by atoms with Crippen molar-refractivity contribution in [3.63, 3.8) is 0 Å². The predicted octanol–water partition coefficient (Wildman–Crippen LogP) is 3.36. The van der Waals surface area contributed by atoms with Crippen molar-refractivity contribution in [1.29, 1.82) is 0 Å². The van der Waals surface area contributed by atoms with E-state index < -0.39 is 12.4 Å². The van der Waals surface area contributed by atoms with Gasteiger partial charge in [-0.15, -0.1) is 8.78 Å². The summed E-state index contributed by atoms with van der Waals surface area (Å²) in [4.78, 5) is 0. The molecule has 3 rings (SSSR count). The van der Waals surface area contributed by atoms with Gasteiger partial charge in [0, 0.05) is 18.3 Å². The largest absolute Gasteiger partial charge is 0.586 e. The van der Waals surface area contributed by atoms with Gasteiger partial charge in [-0.1, -0.05) is 25.7 Å². The van der Waals surface area contributed by atoms with Crippen molar-refractivity contribution in [3.05, 3.63) is 18.2 Å². The average molecular weight is 299 g/mol. The molecule has 1 aliphatic carbocycles. The molecule has 0 bridgehead atoms. The second-order valence-electron chi connectivity index (χ2n) is 5.75. The Balaban J connectivity index is 1.52. The Morgan fingerprint density at radius 1 is 1.24 bits per heavy atom. The Morgan fingerprint density at radius 3 is 2.71 bits per heavy atom. The molecule has 1 fully saturated rings. The van der Waals surface area contributed by atoms with Gasteiger partial charge in [-0.2, -0.15) is 0 Å². The number of anilines is 1. The Morgan fingerprint density at radius 2 is 1.95 bits per heavy atom. The van der Waals surface area contributed by atoms with Gasteiger partial charge >= 0.3 is 6.29 Å².